The van der Waals surface area contributed by atoms with Gasteiger partial charge in [-0.1, -0.05) is 52.9 Å². The molecule has 1 aromatic heterocycles. The summed E-state index contributed by atoms with van der Waals surface area (Å²) in [4.78, 5) is 0. The highest BCUT2D eigenvalue weighted by molar-refractivity contribution is 4.79. The predicted molar refractivity (Wildman–Crippen MR) is 77.7 cm³/mol. The van der Waals surface area contributed by atoms with E-state index in [1.165, 1.54) is 38.5 Å². The first-order valence-corrected chi connectivity index (χ1v) is 7.69. The quantitative estimate of drug-likeness (QED) is 0.626. The highest BCUT2D eigenvalue weighted by Crippen LogP contribution is 2.06. The third-order valence-corrected chi connectivity index (χ3v) is 3.17. The summed E-state index contributed by atoms with van der Waals surface area (Å²) in [6.07, 6.45) is 7.80. The fraction of sp³-hybridized carbons (Fsp3) is 0.929. The van der Waals surface area contributed by atoms with E-state index in [1.54, 1.807) is 0 Å². The van der Waals surface area contributed by atoms with Crippen LogP contribution in [0.1, 0.15) is 65.1 Å². The van der Waals surface area contributed by atoms with Crippen LogP contribution in [0.3, 0.4) is 0 Å². The van der Waals surface area contributed by atoms with Crippen LogP contribution in [-0.4, -0.2) is 26.8 Å². The van der Waals surface area contributed by atoms with Gasteiger partial charge in [0.25, 0.3) is 0 Å². The van der Waals surface area contributed by atoms with Crippen LogP contribution in [-0.2, 0) is 13.1 Å². The van der Waals surface area contributed by atoms with E-state index in [-0.39, 0.29) is 0 Å². The summed E-state index contributed by atoms with van der Waals surface area (Å²) in [5.41, 5.74) is 0. The second-order valence-electron chi connectivity index (χ2n) is 5.61. The maximum Gasteiger partial charge on any atom is 0.165 e. The zero-order valence-corrected chi connectivity index (χ0v) is 12.7. The molecule has 0 aliphatic carbocycles. The molecule has 1 heterocycles. The molecule has 110 valence electrons. The molecular formula is C14H29N5. The first-order valence-electron chi connectivity index (χ1n) is 7.69. The van der Waals surface area contributed by atoms with Gasteiger partial charge in [-0.2, -0.15) is 0 Å². The molecule has 1 rings (SSSR count). The molecule has 0 aliphatic rings. The van der Waals surface area contributed by atoms with Crippen molar-refractivity contribution in [2.24, 2.45) is 5.92 Å². The van der Waals surface area contributed by atoms with Gasteiger partial charge in [-0.05, 0) is 29.3 Å². The van der Waals surface area contributed by atoms with Crippen molar-refractivity contribution in [3.8, 4) is 0 Å². The lowest BCUT2D eigenvalue weighted by Gasteiger charge is -2.07. The fourth-order valence-corrected chi connectivity index (χ4v) is 2.04. The molecule has 1 aromatic rings. The Morgan fingerprint density at radius 2 is 1.84 bits per heavy atom. The largest absolute Gasteiger partial charge is 0.310 e. The number of tetrazole rings is 1. The van der Waals surface area contributed by atoms with Crippen LogP contribution in [0.15, 0.2) is 0 Å². The van der Waals surface area contributed by atoms with Crippen molar-refractivity contribution in [3.05, 3.63) is 5.82 Å². The Kier molecular flexibility index (Phi) is 8.38. The minimum Gasteiger partial charge on any atom is -0.310 e. The Morgan fingerprint density at radius 1 is 1.11 bits per heavy atom. The summed E-state index contributed by atoms with van der Waals surface area (Å²) in [5, 5.41) is 15.3. The Balaban J connectivity index is 2.17. The van der Waals surface area contributed by atoms with Crippen molar-refractivity contribution < 1.29 is 0 Å². The van der Waals surface area contributed by atoms with Crippen molar-refractivity contribution in [2.45, 2.75) is 72.4 Å². The third kappa shape index (κ3) is 7.25. The van der Waals surface area contributed by atoms with E-state index in [1.807, 2.05) is 4.68 Å². The molecule has 0 aromatic carbocycles. The smallest absolute Gasteiger partial charge is 0.165 e. The molecule has 0 radical (unpaired) electrons. The molecule has 0 atom stereocenters. The van der Waals surface area contributed by atoms with Gasteiger partial charge in [-0.25, -0.2) is 4.68 Å². The lowest BCUT2D eigenvalue weighted by Crippen LogP contribution is -2.21. The summed E-state index contributed by atoms with van der Waals surface area (Å²) in [7, 11) is 0. The minimum atomic E-state index is 0.655. The van der Waals surface area contributed by atoms with Crippen LogP contribution in [0.2, 0.25) is 0 Å². The molecule has 1 N–H and O–H groups in total. The molecule has 0 saturated carbocycles. The van der Waals surface area contributed by atoms with Crippen LogP contribution in [0.4, 0.5) is 0 Å². The van der Waals surface area contributed by atoms with Crippen LogP contribution in [0.5, 0.6) is 0 Å². The Labute approximate surface area is 117 Å². The second-order valence-corrected chi connectivity index (χ2v) is 5.61. The molecule has 0 spiro atoms. The Morgan fingerprint density at radius 3 is 2.58 bits per heavy atom. The summed E-state index contributed by atoms with van der Waals surface area (Å²) >= 11 is 0. The summed E-state index contributed by atoms with van der Waals surface area (Å²) in [6, 6.07) is 0. The monoisotopic (exact) mass is 267 g/mol. The maximum absolute atomic E-state index is 4.08. The maximum atomic E-state index is 4.08. The van der Waals surface area contributed by atoms with E-state index in [4.69, 9.17) is 0 Å². The van der Waals surface area contributed by atoms with Crippen LogP contribution < -0.4 is 5.32 Å². The van der Waals surface area contributed by atoms with Crippen LogP contribution in [0, 0.1) is 5.92 Å². The highest BCUT2D eigenvalue weighted by atomic mass is 15.5. The van der Waals surface area contributed by atoms with Crippen molar-refractivity contribution in [1.82, 2.24) is 25.5 Å². The lowest BCUT2D eigenvalue weighted by atomic mass is 10.1. The van der Waals surface area contributed by atoms with Gasteiger partial charge in [0.2, 0.25) is 0 Å². The number of unbranched alkanes of at least 4 members (excludes halogenated alkanes) is 5. The molecule has 19 heavy (non-hydrogen) atoms. The summed E-state index contributed by atoms with van der Waals surface area (Å²) in [6.45, 7) is 9.36. The first-order chi connectivity index (χ1) is 9.24. The van der Waals surface area contributed by atoms with E-state index >= 15 is 0 Å². The van der Waals surface area contributed by atoms with E-state index in [0.29, 0.717) is 5.92 Å². The molecule has 0 amide bonds. The second kappa shape index (κ2) is 9.89. The van der Waals surface area contributed by atoms with E-state index in [2.05, 4.69) is 41.6 Å². The van der Waals surface area contributed by atoms with Gasteiger partial charge < -0.3 is 5.32 Å². The fourth-order valence-electron chi connectivity index (χ4n) is 2.04. The Bertz CT molecular complexity index is 321. The van der Waals surface area contributed by atoms with E-state index < -0.39 is 0 Å². The van der Waals surface area contributed by atoms with Crippen molar-refractivity contribution in [2.75, 3.05) is 6.54 Å². The van der Waals surface area contributed by atoms with Crippen molar-refractivity contribution in [1.29, 1.82) is 0 Å². The summed E-state index contributed by atoms with van der Waals surface area (Å²) < 4.78 is 1.94. The topological polar surface area (TPSA) is 55.6 Å². The van der Waals surface area contributed by atoms with E-state index in [0.717, 1.165) is 25.5 Å². The molecule has 0 fully saturated rings. The predicted octanol–water partition coefficient (Wildman–Crippen LogP) is 2.78. The van der Waals surface area contributed by atoms with Crippen LogP contribution in [0.25, 0.3) is 0 Å². The third-order valence-electron chi connectivity index (χ3n) is 3.17. The highest BCUT2D eigenvalue weighted by Gasteiger charge is 2.05. The number of aromatic nitrogens is 4. The van der Waals surface area contributed by atoms with Gasteiger partial charge in [0.05, 0.1) is 6.54 Å². The van der Waals surface area contributed by atoms with Gasteiger partial charge in [0, 0.05) is 6.54 Å². The van der Waals surface area contributed by atoms with Gasteiger partial charge in [-0.3, -0.25) is 0 Å². The molecule has 0 bridgehead atoms. The zero-order valence-electron chi connectivity index (χ0n) is 12.7. The first kappa shape index (κ1) is 16.1. The Hall–Kier alpha value is -0.970. The standard InChI is InChI=1S/C14H29N5/c1-4-5-6-7-8-9-10-19-14(16-17-18-19)12-15-11-13(2)3/h13,15H,4-12H2,1-3H3. The molecule has 5 heteroatoms. The number of aryl methyl sites for hydroxylation is 1. The normalized spacial score (nSPS) is 11.4. The number of hydrogen-bond acceptors (Lipinski definition) is 4. The van der Waals surface area contributed by atoms with Gasteiger partial charge in [0.15, 0.2) is 5.82 Å². The number of rotatable bonds is 11. The summed E-state index contributed by atoms with van der Waals surface area (Å²) in [5.74, 6) is 1.61. The van der Waals surface area contributed by atoms with Gasteiger partial charge in [-0.15, -0.1) is 5.10 Å². The van der Waals surface area contributed by atoms with Crippen LogP contribution >= 0.6 is 0 Å². The van der Waals surface area contributed by atoms with Crippen molar-refractivity contribution in [3.63, 3.8) is 0 Å². The SMILES string of the molecule is CCCCCCCCn1nnnc1CNCC(C)C. The lowest BCUT2D eigenvalue weighted by molar-refractivity contribution is 0.482. The van der Waals surface area contributed by atoms with Gasteiger partial charge >= 0.3 is 0 Å². The number of nitrogens with zero attached hydrogens (tertiary/aromatic N) is 4. The molecule has 0 saturated heterocycles. The minimum absolute atomic E-state index is 0.655. The van der Waals surface area contributed by atoms with Gasteiger partial charge in [0.1, 0.15) is 0 Å². The molecule has 0 aliphatic heterocycles. The zero-order chi connectivity index (χ0) is 13.9. The average molecular weight is 267 g/mol. The average Bonchev–Trinajstić information content (AvgIpc) is 2.81. The molecule has 5 nitrogen and oxygen atoms in total. The molecular weight excluding hydrogens is 238 g/mol. The van der Waals surface area contributed by atoms with Crippen molar-refractivity contribution >= 4 is 0 Å². The van der Waals surface area contributed by atoms with E-state index in [9.17, 15) is 0 Å². The molecule has 0 unspecified atom stereocenters. The number of hydrogen-bond donors (Lipinski definition) is 1. The number of nitrogens with one attached hydrogen (secondary N) is 1.